The Morgan fingerprint density at radius 3 is 2.62 bits per heavy atom. The first kappa shape index (κ1) is 14.9. The van der Waals surface area contributed by atoms with Gasteiger partial charge >= 0.3 is 5.97 Å². The van der Waals surface area contributed by atoms with Crippen LogP contribution < -0.4 is 5.32 Å². The summed E-state index contributed by atoms with van der Waals surface area (Å²) < 4.78 is 4.99. The molecule has 1 aromatic heterocycles. The molecule has 3 fully saturated rings. The Bertz CT molecular complexity index is 547. The van der Waals surface area contributed by atoms with Crippen LogP contribution in [0.2, 0.25) is 10.3 Å². The van der Waals surface area contributed by atoms with Crippen LogP contribution in [0, 0.1) is 17.8 Å². The van der Waals surface area contributed by atoms with Crippen LogP contribution in [0.3, 0.4) is 0 Å². The van der Waals surface area contributed by atoms with E-state index in [2.05, 4.69) is 15.3 Å². The van der Waals surface area contributed by atoms with Crippen molar-refractivity contribution in [2.24, 2.45) is 17.8 Å². The lowest BCUT2D eigenvalue weighted by atomic mass is 9.61. The molecule has 2 atom stereocenters. The number of aromatic nitrogens is 2. The first-order valence-electron chi connectivity index (χ1n) is 7.12. The van der Waals surface area contributed by atoms with Gasteiger partial charge in [0.15, 0.2) is 0 Å². The molecular weight excluding hydrogens is 313 g/mol. The largest absolute Gasteiger partial charge is 0.469 e. The summed E-state index contributed by atoms with van der Waals surface area (Å²) in [6.45, 7) is 0. The van der Waals surface area contributed by atoms with E-state index in [9.17, 15) is 4.79 Å². The van der Waals surface area contributed by atoms with Gasteiger partial charge in [-0.1, -0.05) is 11.6 Å². The Hall–Kier alpha value is -1.07. The monoisotopic (exact) mass is 329 g/mol. The van der Waals surface area contributed by atoms with Crippen molar-refractivity contribution in [2.45, 2.75) is 31.7 Å². The molecule has 2 bridgehead atoms. The number of rotatable bonds is 3. The van der Waals surface area contributed by atoms with Crippen LogP contribution in [0.4, 0.5) is 5.82 Å². The molecular formula is C14H17Cl2N3O2. The highest BCUT2D eigenvalue weighted by Crippen LogP contribution is 2.46. The van der Waals surface area contributed by atoms with Crippen molar-refractivity contribution in [3.63, 3.8) is 0 Å². The highest BCUT2D eigenvalue weighted by atomic mass is 35.5. The van der Waals surface area contributed by atoms with E-state index < -0.39 is 0 Å². The summed E-state index contributed by atoms with van der Waals surface area (Å²) >= 11 is 11.9. The molecule has 21 heavy (non-hydrogen) atoms. The molecule has 0 aliphatic heterocycles. The first-order chi connectivity index (χ1) is 10.1. The van der Waals surface area contributed by atoms with E-state index in [0.29, 0.717) is 22.7 Å². The van der Waals surface area contributed by atoms with Gasteiger partial charge in [0.05, 0.1) is 19.2 Å². The third-order valence-corrected chi connectivity index (χ3v) is 5.17. The van der Waals surface area contributed by atoms with Gasteiger partial charge in [0.25, 0.3) is 0 Å². The summed E-state index contributed by atoms with van der Waals surface area (Å²) in [5.41, 5.74) is 0. The number of ether oxygens (including phenoxy) is 1. The second kappa shape index (κ2) is 5.97. The number of carbonyl (C=O) groups is 1. The van der Waals surface area contributed by atoms with Gasteiger partial charge < -0.3 is 10.1 Å². The van der Waals surface area contributed by atoms with Gasteiger partial charge in [-0.25, -0.2) is 4.98 Å². The van der Waals surface area contributed by atoms with Gasteiger partial charge in [0.1, 0.15) is 10.8 Å². The smallest absolute Gasteiger partial charge is 0.311 e. The van der Waals surface area contributed by atoms with Gasteiger partial charge in [-0.3, -0.25) is 4.79 Å². The number of esters is 1. The van der Waals surface area contributed by atoms with Crippen molar-refractivity contribution in [1.29, 1.82) is 0 Å². The number of methoxy groups -OCH3 is 1. The van der Waals surface area contributed by atoms with E-state index in [1.807, 2.05) is 0 Å². The van der Waals surface area contributed by atoms with Crippen molar-refractivity contribution >= 4 is 35.0 Å². The Kier molecular flexibility index (Phi) is 4.22. The normalized spacial score (nSPS) is 31.0. The second-order valence-electron chi connectivity index (χ2n) is 5.73. The molecule has 0 aromatic carbocycles. The third kappa shape index (κ3) is 2.81. The number of nitrogens with zero attached hydrogens (tertiary/aromatic N) is 2. The van der Waals surface area contributed by atoms with Crippen LogP contribution in [-0.2, 0) is 9.53 Å². The summed E-state index contributed by atoms with van der Waals surface area (Å²) in [5, 5.41) is 3.86. The predicted octanol–water partition coefficient (Wildman–Crippen LogP) is 3.17. The topological polar surface area (TPSA) is 64.1 Å². The summed E-state index contributed by atoms with van der Waals surface area (Å²) in [5.74, 6) is 0.994. The van der Waals surface area contributed by atoms with E-state index in [4.69, 9.17) is 27.9 Å². The maximum atomic E-state index is 12.2. The van der Waals surface area contributed by atoms with Gasteiger partial charge in [-0.15, -0.1) is 0 Å². The number of carbonyl (C=O) groups excluding carboxylic acids is 1. The number of fused-ring (bicyclic) bond motifs is 3. The Balaban J connectivity index is 1.87. The summed E-state index contributed by atoms with van der Waals surface area (Å²) in [6.07, 6.45) is 5.87. The molecule has 0 radical (unpaired) electrons. The van der Waals surface area contributed by atoms with Gasteiger partial charge in [-0.05, 0) is 49.1 Å². The van der Waals surface area contributed by atoms with E-state index in [1.165, 1.54) is 13.3 Å². The number of hydrogen-bond donors (Lipinski definition) is 1. The minimum atomic E-state index is -0.154. The van der Waals surface area contributed by atoms with Gasteiger partial charge in [0.2, 0.25) is 5.28 Å². The lowest BCUT2D eigenvalue weighted by molar-refractivity contribution is -0.152. The van der Waals surface area contributed by atoms with Crippen molar-refractivity contribution in [2.75, 3.05) is 12.4 Å². The quantitative estimate of drug-likeness (QED) is 0.681. The molecule has 114 valence electrons. The highest BCUT2D eigenvalue weighted by molar-refractivity contribution is 6.33. The standard InChI is InChI=1S/C14H17Cl2N3O2/c1-21-13(20)10-7-2-4-8(5-3-7)11(10)18-12-9(15)6-17-14(16)19-12/h6-8,10-11H,2-5H2,1H3,(H,17,18,19). The van der Waals surface area contributed by atoms with Crippen LogP contribution >= 0.6 is 23.2 Å². The zero-order chi connectivity index (χ0) is 15.0. The van der Waals surface area contributed by atoms with E-state index in [0.717, 1.165) is 25.7 Å². The lowest BCUT2D eigenvalue weighted by Gasteiger charge is -2.47. The number of nitrogens with one attached hydrogen (secondary N) is 1. The van der Waals surface area contributed by atoms with Gasteiger partial charge in [-0.2, -0.15) is 4.98 Å². The zero-order valence-electron chi connectivity index (χ0n) is 11.7. The van der Waals surface area contributed by atoms with E-state index >= 15 is 0 Å². The van der Waals surface area contributed by atoms with Crippen molar-refractivity contribution in [1.82, 2.24) is 9.97 Å². The average Bonchev–Trinajstić information content (AvgIpc) is 2.51. The van der Waals surface area contributed by atoms with Crippen LogP contribution in [0.25, 0.3) is 0 Å². The fourth-order valence-electron chi connectivity index (χ4n) is 3.74. The Morgan fingerprint density at radius 1 is 1.29 bits per heavy atom. The van der Waals surface area contributed by atoms with Crippen molar-refractivity contribution < 1.29 is 9.53 Å². The van der Waals surface area contributed by atoms with E-state index in [-0.39, 0.29) is 23.2 Å². The maximum Gasteiger partial charge on any atom is 0.311 e. The molecule has 2 unspecified atom stereocenters. The fraction of sp³-hybridized carbons (Fsp3) is 0.643. The summed E-state index contributed by atoms with van der Waals surface area (Å²) in [4.78, 5) is 20.1. The fourth-order valence-corrected chi connectivity index (χ4v) is 4.02. The Labute approximate surface area is 133 Å². The van der Waals surface area contributed by atoms with Gasteiger partial charge in [0, 0.05) is 6.04 Å². The molecule has 3 aliphatic carbocycles. The van der Waals surface area contributed by atoms with Crippen LogP contribution in [0.5, 0.6) is 0 Å². The number of halogens is 2. The molecule has 4 rings (SSSR count). The first-order valence-corrected chi connectivity index (χ1v) is 7.88. The molecule has 0 spiro atoms. The van der Waals surface area contributed by atoms with E-state index in [1.54, 1.807) is 0 Å². The van der Waals surface area contributed by atoms with Crippen LogP contribution in [-0.4, -0.2) is 29.1 Å². The highest BCUT2D eigenvalue weighted by Gasteiger charge is 2.48. The minimum absolute atomic E-state index is 0.00610. The second-order valence-corrected chi connectivity index (χ2v) is 6.47. The Morgan fingerprint density at radius 2 is 1.95 bits per heavy atom. The molecule has 1 N–H and O–H groups in total. The number of hydrogen-bond acceptors (Lipinski definition) is 5. The van der Waals surface area contributed by atoms with Crippen LogP contribution in [0.1, 0.15) is 25.7 Å². The predicted molar refractivity (Wildman–Crippen MR) is 80.4 cm³/mol. The average molecular weight is 330 g/mol. The lowest BCUT2D eigenvalue weighted by Crippen LogP contribution is -2.51. The molecule has 3 aliphatic rings. The summed E-state index contributed by atoms with van der Waals surface area (Å²) in [6, 6.07) is -0.00610. The zero-order valence-corrected chi connectivity index (χ0v) is 13.2. The molecule has 1 aromatic rings. The van der Waals surface area contributed by atoms with Crippen molar-refractivity contribution in [3.05, 3.63) is 16.5 Å². The number of anilines is 1. The maximum absolute atomic E-state index is 12.2. The molecule has 1 heterocycles. The van der Waals surface area contributed by atoms with Crippen molar-refractivity contribution in [3.8, 4) is 0 Å². The molecule has 7 heteroatoms. The molecule has 5 nitrogen and oxygen atoms in total. The van der Waals surface area contributed by atoms with Crippen LogP contribution in [0.15, 0.2) is 6.20 Å². The SMILES string of the molecule is COC(=O)C1C2CCC(CC2)C1Nc1nc(Cl)ncc1Cl. The molecule has 0 amide bonds. The molecule has 3 saturated carbocycles. The molecule has 0 saturated heterocycles. The summed E-state index contributed by atoms with van der Waals surface area (Å²) in [7, 11) is 1.44. The minimum Gasteiger partial charge on any atom is -0.469 e. The third-order valence-electron chi connectivity index (χ3n) is 4.71.